The Morgan fingerprint density at radius 3 is 2.85 bits per heavy atom. The number of rotatable bonds is 6. The van der Waals surface area contributed by atoms with E-state index in [-0.39, 0.29) is 5.76 Å². The molecular weight excluding hydrogens is 388 g/mol. The van der Waals surface area contributed by atoms with Crippen LogP contribution in [0.25, 0.3) is 11.3 Å². The highest BCUT2D eigenvalue weighted by molar-refractivity contribution is 8.00. The van der Waals surface area contributed by atoms with Crippen LogP contribution in [0.15, 0.2) is 62.8 Å². The van der Waals surface area contributed by atoms with E-state index in [4.69, 9.17) is 4.52 Å². The zero-order valence-corrected chi connectivity index (χ0v) is 15.7. The molecule has 9 heteroatoms. The van der Waals surface area contributed by atoms with Gasteiger partial charge in [0.15, 0.2) is 4.34 Å². The van der Waals surface area contributed by atoms with Gasteiger partial charge >= 0.3 is 0 Å². The van der Waals surface area contributed by atoms with E-state index in [1.54, 1.807) is 29.2 Å². The van der Waals surface area contributed by atoms with E-state index < -0.39 is 5.91 Å². The lowest BCUT2D eigenvalue weighted by atomic mass is 10.1. The van der Waals surface area contributed by atoms with E-state index in [1.165, 1.54) is 16.2 Å². The molecule has 4 rings (SSSR count). The van der Waals surface area contributed by atoms with Crippen LogP contribution >= 0.6 is 34.4 Å². The number of hydrogen-bond acceptors (Lipinski definition) is 8. The summed E-state index contributed by atoms with van der Waals surface area (Å²) in [4.78, 5) is 13.6. The van der Waals surface area contributed by atoms with Crippen LogP contribution in [-0.2, 0) is 5.75 Å². The van der Waals surface area contributed by atoms with Crippen molar-refractivity contribution < 1.29 is 9.32 Å². The number of benzene rings is 1. The van der Waals surface area contributed by atoms with Crippen molar-refractivity contribution in [2.45, 2.75) is 10.1 Å². The van der Waals surface area contributed by atoms with Gasteiger partial charge in [0.1, 0.15) is 5.69 Å². The minimum absolute atomic E-state index is 0.131. The van der Waals surface area contributed by atoms with Crippen LogP contribution in [-0.4, -0.2) is 21.3 Å². The van der Waals surface area contributed by atoms with E-state index in [0.29, 0.717) is 10.8 Å². The molecule has 0 spiro atoms. The largest absolute Gasteiger partial charge is 0.350 e. The summed E-state index contributed by atoms with van der Waals surface area (Å²) in [6, 6.07) is 15.2. The van der Waals surface area contributed by atoms with E-state index >= 15 is 0 Å². The predicted molar refractivity (Wildman–Crippen MR) is 104 cm³/mol. The van der Waals surface area contributed by atoms with Crippen LogP contribution in [0, 0.1) is 0 Å². The molecule has 1 N–H and O–H groups in total. The molecule has 26 heavy (non-hydrogen) atoms. The molecule has 0 atom stereocenters. The molecule has 6 nitrogen and oxygen atoms in total. The highest BCUT2D eigenvalue weighted by atomic mass is 32.2. The Bertz CT molecular complexity index is 996. The second-order valence-electron chi connectivity index (χ2n) is 5.14. The molecule has 3 heterocycles. The van der Waals surface area contributed by atoms with Crippen molar-refractivity contribution in [1.29, 1.82) is 0 Å². The molecular formula is C17H12N4O2S3. The molecule has 1 aromatic carbocycles. The summed E-state index contributed by atoms with van der Waals surface area (Å²) in [6.45, 7) is 0. The quantitative estimate of drug-likeness (QED) is 0.370. The summed E-state index contributed by atoms with van der Waals surface area (Å²) in [5, 5.41) is 17.2. The number of nitrogens with zero attached hydrogens (tertiary/aromatic N) is 3. The molecule has 0 radical (unpaired) electrons. The van der Waals surface area contributed by atoms with E-state index in [1.807, 2.05) is 41.8 Å². The Kier molecular flexibility index (Phi) is 5.09. The van der Waals surface area contributed by atoms with Crippen molar-refractivity contribution in [2.75, 3.05) is 5.32 Å². The molecule has 0 bridgehead atoms. The third-order valence-electron chi connectivity index (χ3n) is 3.35. The molecule has 0 saturated heterocycles. The first-order valence-corrected chi connectivity index (χ1v) is 10.3. The molecule has 0 saturated carbocycles. The van der Waals surface area contributed by atoms with Gasteiger partial charge in [0.2, 0.25) is 10.9 Å². The predicted octanol–water partition coefficient (Wildman–Crippen LogP) is 4.80. The summed E-state index contributed by atoms with van der Waals surface area (Å²) in [6.07, 6.45) is 0. The third kappa shape index (κ3) is 4.01. The Morgan fingerprint density at radius 2 is 2.04 bits per heavy atom. The molecule has 4 aromatic rings. The van der Waals surface area contributed by atoms with Gasteiger partial charge < -0.3 is 4.52 Å². The second-order valence-corrected chi connectivity index (χ2v) is 8.37. The van der Waals surface area contributed by atoms with Crippen LogP contribution in [0.4, 0.5) is 5.13 Å². The van der Waals surface area contributed by atoms with Crippen molar-refractivity contribution >= 4 is 45.5 Å². The van der Waals surface area contributed by atoms with Crippen LogP contribution < -0.4 is 5.32 Å². The fraction of sp³-hybridized carbons (Fsp3) is 0.0588. The lowest BCUT2D eigenvalue weighted by Gasteiger charge is -1.95. The van der Waals surface area contributed by atoms with Gasteiger partial charge in [-0.3, -0.25) is 10.1 Å². The van der Waals surface area contributed by atoms with Crippen LogP contribution in [0.2, 0.25) is 0 Å². The molecule has 0 aliphatic carbocycles. The molecule has 0 fully saturated rings. The average molecular weight is 401 g/mol. The summed E-state index contributed by atoms with van der Waals surface area (Å²) < 4.78 is 5.95. The van der Waals surface area contributed by atoms with Gasteiger partial charge in [0, 0.05) is 22.3 Å². The summed E-state index contributed by atoms with van der Waals surface area (Å²) >= 11 is 4.63. The highest BCUT2D eigenvalue weighted by Gasteiger charge is 2.16. The van der Waals surface area contributed by atoms with E-state index in [0.717, 1.165) is 15.7 Å². The van der Waals surface area contributed by atoms with Gasteiger partial charge in [-0.05, 0) is 11.4 Å². The Morgan fingerprint density at radius 1 is 1.15 bits per heavy atom. The topological polar surface area (TPSA) is 80.9 Å². The zero-order chi connectivity index (χ0) is 17.8. The maximum absolute atomic E-state index is 12.3. The standard InChI is InChI=1S/C17H12N4O2S3/c22-15(14-9-13(21-23-14)11-5-2-1-3-6-11)18-16-19-20-17(26-16)25-10-12-7-4-8-24-12/h1-9H,10H2,(H,18,19,22). The average Bonchev–Trinajstić information content (AvgIpc) is 3.42. The fourth-order valence-electron chi connectivity index (χ4n) is 2.13. The van der Waals surface area contributed by atoms with Gasteiger partial charge in [-0.25, -0.2) is 0 Å². The summed E-state index contributed by atoms with van der Waals surface area (Å²) in [7, 11) is 0. The minimum Gasteiger partial charge on any atom is -0.350 e. The lowest BCUT2D eigenvalue weighted by molar-refractivity contribution is 0.0988. The molecule has 130 valence electrons. The summed E-state index contributed by atoms with van der Waals surface area (Å²) in [5.74, 6) is 0.570. The molecule has 3 aromatic heterocycles. The number of hydrogen-bond donors (Lipinski definition) is 1. The first-order chi connectivity index (χ1) is 12.8. The summed E-state index contributed by atoms with van der Waals surface area (Å²) in [5.41, 5.74) is 1.50. The monoisotopic (exact) mass is 400 g/mol. The fourth-order valence-corrected chi connectivity index (χ4v) is 4.65. The van der Waals surface area contributed by atoms with Gasteiger partial charge in [-0.1, -0.05) is 64.7 Å². The maximum atomic E-state index is 12.3. The Labute approximate surface area is 161 Å². The van der Waals surface area contributed by atoms with Crippen molar-refractivity contribution in [3.8, 4) is 11.3 Å². The number of nitrogens with one attached hydrogen (secondary N) is 1. The second kappa shape index (κ2) is 7.81. The number of carbonyl (C=O) groups excluding carboxylic acids is 1. The molecule has 0 aliphatic rings. The van der Waals surface area contributed by atoms with Gasteiger partial charge in [-0.15, -0.1) is 21.5 Å². The lowest BCUT2D eigenvalue weighted by Crippen LogP contribution is -2.10. The number of amides is 1. The van der Waals surface area contributed by atoms with Crippen molar-refractivity contribution in [3.05, 3.63) is 64.5 Å². The van der Waals surface area contributed by atoms with Gasteiger partial charge in [0.05, 0.1) is 0 Å². The smallest absolute Gasteiger partial charge is 0.296 e. The molecule has 0 unspecified atom stereocenters. The van der Waals surface area contributed by atoms with Crippen LogP contribution in [0.1, 0.15) is 15.4 Å². The molecule has 1 amide bonds. The molecule has 0 aliphatic heterocycles. The number of anilines is 1. The van der Waals surface area contributed by atoms with Gasteiger partial charge in [-0.2, -0.15) is 0 Å². The Hall–Kier alpha value is -2.49. The maximum Gasteiger partial charge on any atom is 0.296 e. The van der Waals surface area contributed by atoms with Crippen molar-refractivity contribution in [1.82, 2.24) is 15.4 Å². The van der Waals surface area contributed by atoms with E-state index in [9.17, 15) is 4.79 Å². The first-order valence-electron chi connectivity index (χ1n) is 7.60. The number of carbonyl (C=O) groups is 1. The zero-order valence-electron chi connectivity index (χ0n) is 13.3. The van der Waals surface area contributed by atoms with Crippen LogP contribution in [0.5, 0.6) is 0 Å². The van der Waals surface area contributed by atoms with Gasteiger partial charge in [0.25, 0.3) is 5.91 Å². The number of thiophene rings is 1. The van der Waals surface area contributed by atoms with Crippen molar-refractivity contribution in [2.24, 2.45) is 0 Å². The number of thioether (sulfide) groups is 1. The number of aromatic nitrogens is 3. The SMILES string of the molecule is O=C(Nc1nnc(SCc2cccs2)s1)c1cc(-c2ccccc2)no1. The normalized spacial score (nSPS) is 10.8. The third-order valence-corrected chi connectivity index (χ3v) is 6.43. The van der Waals surface area contributed by atoms with E-state index in [2.05, 4.69) is 26.7 Å². The van der Waals surface area contributed by atoms with Crippen molar-refractivity contribution in [3.63, 3.8) is 0 Å². The minimum atomic E-state index is -0.398. The first kappa shape index (κ1) is 17.0. The highest BCUT2D eigenvalue weighted by Crippen LogP contribution is 2.29. The van der Waals surface area contributed by atoms with Crippen LogP contribution in [0.3, 0.4) is 0 Å². The Balaban J connectivity index is 1.38.